The number of benzene rings is 1. The van der Waals surface area contributed by atoms with Crippen molar-refractivity contribution in [1.82, 2.24) is 19.7 Å². The van der Waals surface area contributed by atoms with Crippen LogP contribution in [0.2, 0.25) is 0 Å². The van der Waals surface area contributed by atoms with Crippen molar-refractivity contribution in [2.24, 2.45) is 0 Å². The largest absolute Gasteiger partial charge is 0.326 e. The number of hydrogen-bond acceptors (Lipinski definition) is 5. The van der Waals surface area contributed by atoms with Crippen LogP contribution >= 0.6 is 0 Å². The van der Waals surface area contributed by atoms with Gasteiger partial charge in [-0.1, -0.05) is 6.07 Å². The van der Waals surface area contributed by atoms with Crippen LogP contribution in [-0.2, 0) is 16.4 Å². The van der Waals surface area contributed by atoms with E-state index in [2.05, 4.69) is 19.7 Å². The van der Waals surface area contributed by atoms with Gasteiger partial charge in [0.1, 0.15) is 0 Å². The molecule has 0 aliphatic heterocycles. The molecule has 0 radical (unpaired) electrons. The molecule has 0 aliphatic carbocycles. The van der Waals surface area contributed by atoms with E-state index in [0.717, 1.165) is 5.69 Å². The number of aromatic amines is 2. The van der Waals surface area contributed by atoms with E-state index < -0.39 is 21.3 Å². The lowest BCUT2D eigenvalue weighted by Crippen LogP contribution is -2.27. The summed E-state index contributed by atoms with van der Waals surface area (Å²) in [5, 5.41) is 0.0993. The number of hydrogen-bond donors (Lipinski definition) is 3. The van der Waals surface area contributed by atoms with Crippen molar-refractivity contribution in [3.05, 3.63) is 69.1 Å². The predicted molar refractivity (Wildman–Crippen MR) is 88.3 cm³/mol. The molecule has 8 nitrogen and oxygen atoms in total. The van der Waals surface area contributed by atoms with Gasteiger partial charge in [0.25, 0.3) is 5.56 Å². The minimum Gasteiger partial charge on any atom is -0.307 e. The third-order valence-corrected chi connectivity index (χ3v) is 4.88. The van der Waals surface area contributed by atoms with Gasteiger partial charge < -0.3 is 4.98 Å². The molecule has 0 atom stereocenters. The highest BCUT2D eigenvalue weighted by atomic mass is 32.2. The highest BCUT2D eigenvalue weighted by Gasteiger charge is 2.15. The molecule has 0 amide bonds. The Morgan fingerprint density at radius 1 is 1.08 bits per heavy atom. The van der Waals surface area contributed by atoms with Crippen LogP contribution in [0, 0.1) is 0 Å². The number of sulfonamides is 1. The molecule has 3 aromatic rings. The zero-order valence-electron chi connectivity index (χ0n) is 12.4. The average molecular weight is 346 g/mol. The van der Waals surface area contributed by atoms with E-state index in [1.165, 1.54) is 18.2 Å². The van der Waals surface area contributed by atoms with Crippen molar-refractivity contribution in [2.45, 2.75) is 11.3 Å². The maximum absolute atomic E-state index is 12.3. The van der Waals surface area contributed by atoms with Crippen molar-refractivity contribution >= 4 is 20.9 Å². The molecule has 0 aliphatic rings. The highest BCUT2D eigenvalue weighted by molar-refractivity contribution is 7.89. The Morgan fingerprint density at radius 2 is 1.92 bits per heavy atom. The number of nitrogens with zero attached hydrogens (tertiary/aromatic N) is 1. The summed E-state index contributed by atoms with van der Waals surface area (Å²) >= 11 is 0. The van der Waals surface area contributed by atoms with Crippen LogP contribution in [0.4, 0.5) is 0 Å². The van der Waals surface area contributed by atoms with E-state index in [1.54, 1.807) is 18.3 Å². The molecule has 0 bridgehead atoms. The van der Waals surface area contributed by atoms with E-state index in [-0.39, 0.29) is 22.3 Å². The van der Waals surface area contributed by atoms with Crippen LogP contribution in [0.5, 0.6) is 0 Å². The molecular weight excluding hydrogens is 332 g/mol. The monoisotopic (exact) mass is 346 g/mol. The number of nitrogens with one attached hydrogen (secondary N) is 3. The summed E-state index contributed by atoms with van der Waals surface area (Å²) in [6.07, 6.45) is 2.09. The van der Waals surface area contributed by atoms with Gasteiger partial charge in [0, 0.05) is 24.9 Å². The molecule has 0 spiro atoms. The van der Waals surface area contributed by atoms with Crippen molar-refractivity contribution in [2.75, 3.05) is 6.54 Å². The summed E-state index contributed by atoms with van der Waals surface area (Å²) in [5.74, 6) is 0. The molecule has 0 saturated heterocycles. The van der Waals surface area contributed by atoms with E-state index >= 15 is 0 Å². The Labute approximate surface area is 136 Å². The first-order valence-corrected chi connectivity index (χ1v) is 8.60. The van der Waals surface area contributed by atoms with Gasteiger partial charge >= 0.3 is 5.69 Å². The smallest absolute Gasteiger partial charge is 0.307 e. The lowest BCUT2D eigenvalue weighted by molar-refractivity contribution is 0.581. The minimum absolute atomic E-state index is 0.0476. The van der Waals surface area contributed by atoms with Gasteiger partial charge in [-0.05, 0) is 30.3 Å². The number of rotatable bonds is 5. The Bertz CT molecular complexity index is 1090. The van der Waals surface area contributed by atoms with Gasteiger partial charge in [-0.2, -0.15) is 0 Å². The lowest BCUT2D eigenvalue weighted by Gasteiger charge is -2.07. The molecule has 2 aromatic heterocycles. The lowest BCUT2D eigenvalue weighted by atomic mass is 10.2. The van der Waals surface area contributed by atoms with E-state index in [4.69, 9.17) is 0 Å². The average Bonchev–Trinajstić information content (AvgIpc) is 2.55. The fraction of sp³-hybridized carbons (Fsp3) is 0.133. The molecule has 124 valence electrons. The third kappa shape index (κ3) is 3.42. The zero-order valence-corrected chi connectivity index (χ0v) is 13.3. The van der Waals surface area contributed by atoms with E-state index in [9.17, 15) is 18.0 Å². The molecule has 1 aromatic carbocycles. The second-order valence-electron chi connectivity index (χ2n) is 5.08. The summed E-state index contributed by atoms with van der Waals surface area (Å²) in [6, 6.07) is 9.37. The van der Waals surface area contributed by atoms with Gasteiger partial charge in [0.2, 0.25) is 10.0 Å². The fourth-order valence-electron chi connectivity index (χ4n) is 2.25. The second kappa shape index (κ2) is 6.38. The van der Waals surface area contributed by atoms with Crippen LogP contribution in [0.1, 0.15) is 5.69 Å². The van der Waals surface area contributed by atoms with Gasteiger partial charge in [-0.15, -0.1) is 0 Å². The number of H-pyrrole nitrogens is 2. The SMILES string of the molecule is O=c1[nH]c(=O)c2cc(S(=O)(=O)NCCc3ccccn3)ccc2[nH]1. The van der Waals surface area contributed by atoms with Crippen LogP contribution in [0.15, 0.2) is 57.1 Å². The highest BCUT2D eigenvalue weighted by Crippen LogP contribution is 2.13. The van der Waals surface area contributed by atoms with Gasteiger partial charge in [0.15, 0.2) is 0 Å². The van der Waals surface area contributed by atoms with E-state index in [1.807, 2.05) is 6.07 Å². The topological polar surface area (TPSA) is 125 Å². The van der Waals surface area contributed by atoms with Gasteiger partial charge in [-0.3, -0.25) is 14.8 Å². The predicted octanol–water partition coefficient (Wildman–Crippen LogP) is 0.132. The molecule has 2 heterocycles. The minimum atomic E-state index is -3.77. The Morgan fingerprint density at radius 3 is 2.67 bits per heavy atom. The number of pyridine rings is 1. The number of aromatic nitrogens is 3. The normalized spacial score (nSPS) is 11.7. The van der Waals surface area contributed by atoms with Crippen LogP contribution in [0.3, 0.4) is 0 Å². The molecule has 3 N–H and O–H groups in total. The maximum Gasteiger partial charge on any atom is 0.326 e. The molecule has 24 heavy (non-hydrogen) atoms. The van der Waals surface area contributed by atoms with Crippen molar-refractivity contribution < 1.29 is 8.42 Å². The quantitative estimate of drug-likeness (QED) is 0.606. The summed E-state index contributed by atoms with van der Waals surface area (Å²) in [4.78, 5) is 31.6. The zero-order chi connectivity index (χ0) is 17.2. The summed E-state index contributed by atoms with van der Waals surface area (Å²) in [5.41, 5.74) is -0.236. The first-order chi connectivity index (χ1) is 11.5. The van der Waals surface area contributed by atoms with Crippen LogP contribution in [-0.4, -0.2) is 29.9 Å². The molecule has 3 rings (SSSR count). The maximum atomic E-state index is 12.3. The first-order valence-electron chi connectivity index (χ1n) is 7.12. The summed E-state index contributed by atoms with van der Waals surface area (Å²) in [7, 11) is -3.77. The van der Waals surface area contributed by atoms with Crippen LogP contribution in [0.25, 0.3) is 10.9 Å². The van der Waals surface area contributed by atoms with Crippen molar-refractivity contribution in [3.63, 3.8) is 0 Å². The molecule has 9 heteroatoms. The van der Waals surface area contributed by atoms with E-state index in [0.29, 0.717) is 6.42 Å². The Balaban J connectivity index is 1.83. The Kier molecular flexibility index (Phi) is 4.28. The molecule has 0 fully saturated rings. The van der Waals surface area contributed by atoms with Crippen molar-refractivity contribution in [3.8, 4) is 0 Å². The van der Waals surface area contributed by atoms with Gasteiger partial charge in [0.05, 0.1) is 15.8 Å². The summed E-state index contributed by atoms with van der Waals surface area (Å²) in [6.45, 7) is 0.180. The molecular formula is C15H14N4O4S. The second-order valence-corrected chi connectivity index (χ2v) is 6.85. The van der Waals surface area contributed by atoms with Crippen LogP contribution < -0.4 is 16.0 Å². The van der Waals surface area contributed by atoms with Crippen molar-refractivity contribution in [1.29, 1.82) is 0 Å². The third-order valence-electron chi connectivity index (χ3n) is 3.42. The Hall–Kier alpha value is -2.78. The van der Waals surface area contributed by atoms with Gasteiger partial charge in [-0.25, -0.2) is 17.9 Å². The summed E-state index contributed by atoms with van der Waals surface area (Å²) < 4.78 is 27.1. The molecule has 0 unspecified atom stereocenters. The standard InChI is InChI=1S/C15H14N4O4S/c20-14-12-9-11(4-5-13(12)18-15(21)19-14)24(22,23)17-8-6-10-3-1-2-7-16-10/h1-5,7,9,17H,6,8H2,(H2,18,19,20,21). The number of fused-ring (bicyclic) bond motifs is 1. The fourth-order valence-corrected chi connectivity index (χ4v) is 3.31. The molecule has 0 saturated carbocycles. The first kappa shape index (κ1) is 16.1.